The lowest BCUT2D eigenvalue weighted by atomic mass is 9.92. The van der Waals surface area contributed by atoms with Crippen LogP contribution in [-0.4, -0.2) is 38.7 Å². The number of nitrogens with zero attached hydrogens (tertiary/aromatic N) is 4. The van der Waals surface area contributed by atoms with Gasteiger partial charge in [0.1, 0.15) is 5.69 Å². The summed E-state index contributed by atoms with van der Waals surface area (Å²) >= 11 is 0. The van der Waals surface area contributed by atoms with Crippen LogP contribution < -0.4 is 5.56 Å². The molecule has 2 aromatic heterocycles. The molecule has 154 valence electrons. The van der Waals surface area contributed by atoms with Crippen molar-refractivity contribution in [2.75, 3.05) is 13.1 Å². The van der Waals surface area contributed by atoms with Crippen LogP contribution in [0.2, 0.25) is 0 Å². The monoisotopic (exact) mass is 402 g/mol. The molecule has 1 amide bonds. The Kier molecular flexibility index (Phi) is 5.74. The lowest BCUT2D eigenvalue weighted by molar-refractivity contribution is 0.0703. The van der Waals surface area contributed by atoms with Crippen molar-refractivity contribution < 1.29 is 4.79 Å². The average Bonchev–Trinajstić information content (AvgIpc) is 2.77. The molecule has 0 unspecified atom stereocenters. The van der Waals surface area contributed by atoms with E-state index >= 15 is 0 Å². The predicted molar refractivity (Wildman–Crippen MR) is 116 cm³/mol. The summed E-state index contributed by atoms with van der Waals surface area (Å²) in [7, 11) is 1.56. The Bertz CT molecular complexity index is 1110. The molecule has 3 heterocycles. The number of likely N-dealkylation sites (tertiary alicyclic amines) is 1. The predicted octanol–water partition coefficient (Wildman–Crippen LogP) is 3.09. The van der Waals surface area contributed by atoms with E-state index in [1.165, 1.54) is 27.9 Å². The van der Waals surface area contributed by atoms with Crippen molar-refractivity contribution in [3.05, 3.63) is 93.2 Å². The summed E-state index contributed by atoms with van der Waals surface area (Å²) in [5.74, 6) is 0.226. The lowest BCUT2D eigenvalue weighted by Crippen LogP contribution is -2.39. The number of pyridine rings is 1. The van der Waals surface area contributed by atoms with Crippen LogP contribution in [0.3, 0.4) is 0 Å². The zero-order chi connectivity index (χ0) is 21.1. The number of amides is 1. The topological polar surface area (TPSA) is 68.1 Å². The van der Waals surface area contributed by atoms with Gasteiger partial charge in [-0.25, -0.2) is 4.68 Å². The Morgan fingerprint density at radius 3 is 2.53 bits per heavy atom. The van der Waals surface area contributed by atoms with Crippen molar-refractivity contribution in [2.45, 2.75) is 32.1 Å². The third kappa shape index (κ3) is 4.32. The van der Waals surface area contributed by atoms with Gasteiger partial charge in [0.05, 0.1) is 0 Å². The summed E-state index contributed by atoms with van der Waals surface area (Å²) in [6.45, 7) is 3.46. The molecule has 1 saturated heterocycles. The first kappa shape index (κ1) is 20.0. The zero-order valence-electron chi connectivity index (χ0n) is 17.4. The summed E-state index contributed by atoms with van der Waals surface area (Å²) in [6, 6.07) is 17.6. The highest BCUT2D eigenvalue weighted by molar-refractivity contribution is 5.92. The van der Waals surface area contributed by atoms with Crippen LogP contribution in [0.1, 0.15) is 51.8 Å². The molecular formula is C24H26N4O2. The summed E-state index contributed by atoms with van der Waals surface area (Å²) in [5.41, 5.74) is 4.86. The fourth-order valence-electron chi connectivity index (χ4n) is 3.98. The fourth-order valence-corrected chi connectivity index (χ4v) is 3.98. The Hall–Kier alpha value is -3.28. The highest BCUT2D eigenvalue weighted by atomic mass is 16.2. The average molecular weight is 402 g/mol. The van der Waals surface area contributed by atoms with E-state index in [1.807, 2.05) is 4.90 Å². The number of aromatic nitrogens is 3. The van der Waals surface area contributed by atoms with Crippen LogP contribution in [0.15, 0.2) is 59.4 Å². The number of carbonyl (C=O) groups is 1. The van der Waals surface area contributed by atoms with Crippen molar-refractivity contribution in [1.82, 2.24) is 19.7 Å². The van der Waals surface area contributed by atoms with Crippen LogP contribution in [0.5, 0.6) is 0 Å². The molecule has 0 radical (unpaired) electrons. The van der Waals surface area contributed by atoms with Gasteiger partial charge in [0.2, 0.25) is 0 Å². The maximum Gasteiger partial charge on any atom is 0.274 e. The standard InChI is InChI=1S/C24H26N4O2/c1-17-6-3-4-7-19(17)16-20-8-5-9-21(25-20)18-12-14-28(15-13-18)24(30)22-10-11-23(29)27(2)26-22/h3-11,18H,12-16H2,1-2H3. The number of carbonyl (C=O) groups excluding carboxylic acids is 1. The Balaban J connectivity index is 1.41. The van der Waals surface area contributed by atoms with Crippen molar-refractivity contribution in [1.29, 1.82) is 0 Å². The van der Waals surface area contributed by atoms with Gasteiger partial charge in [0.15, 0.2) is 0 Å². The van der Waals surface area contributed by atoms with Crippen molar-refractivity contribution in [2.24, 2.45) is 7.05 Å². The molecule has 0 N–H and O–H groups in total. The number of hydrogen-bond acceptors (Lipinski definition) is 4. The van der Waals surface area contributed by atoms with E-state index in [1.54, 1.807) is 7.05 Å². The molecular weight excluding hydrogens is 376 g/mol. The molecule has 6 nitrogen and oxygen atoms in total. The number of aryl methyl sites for hydroxylation is 2. The fraction of sp³-hybridized carbons (Fsp3) is 0.333. The molecule has 4 rings (SSSR count). The molecule has 0 spiro atoms. The minimum atomic E-state index is -0.220. The Labute approximate surface area is 176 Å². The molecule has 0 saturated carbocycles. The first-order valence-corrected chi connectivity index (χ1v) is 10.4. The van der Waals surface area contributed by atoms with E-state index in [2.05, 4.69) is 54.5 Å². The molecule has 1 aliphatic rings. The zero-order valence-corrected chi connectivity index (χ0v) is 17.4. The van der Waals surface area contributed by atoms with Gasteiger partial charge in [0, 0.05) is 49.9 Å². The molecule has 1 aromatic carbocycles. The van der Waals surface area contributed by atoms with Crippen molar-refractivity contribution in [3.63, 3.8) is 0 Å². The van der Waals surface area contributed by atoms with E-state index < -0.39 is 0 Å². The minimum absolute atomic E-state index is 0.120. The summed E-state index contributed by atoms with van der Waals surface area (Å²) in [5, 5.41) is 4.08. The van der Waals surface area contributed by atoms with Gasteiger partial charge in [-0.05, 0) is 49.1 Å². The lowest BCUT2D eigenvalue weighted by Gasteiger charge is -2.31. The second-order valence-corrected chi connectivity index (χ2v) is 7.90. The smallest absolute Gasteiger partial charge is 0.274 e. The van der Waals surface area contributed by atoms with Gasteiger partial charge in [-0.15, -0.1) is 0 Å². The van der Waals surface area contributed by atoms with Crippen molar-refractivity contribution in [3.8, 4) is 0 Å². The molecule has 0 bridgehead atoms. The summed E-state index contributed by atoms with van der Waals surface area (Å²) in [6.07, 6.45) is 2.58. The Morgan fingerprint density at radius 1 is 1.03 bits per heavy atom. The number of benzene rings is 1. The molecule has 3 aromatic rings. The number of rotatable bonds is 4. The number of hydrogen-bond donors (Lipinski definition) is 0. The highest BCUT2D eigenvalue weighted by Gasteiger charge is 2.26. The highest BCUT2D eigenvalue weighted by Crippen LogP contribution is 2.27. The third-order valence-corrected chi connectivity index (χ3v) is 5.84. The second kappa shape index (κ2) is 8.61. The first-order valence-electron chi connectivity index (χ1n) is 10.4. The molecule has 0 aliphatic carbocycles. The molecule has 6 heteroatoms. The molecule has 30 heavy (non-hydrogen) atoms. The van der Waals surface area contributed by atoms with Gasteiger partial charge in [-0.1, -0.05) is 30.3 Å². The second-order valence-electron chi connectivity index (χ2n) is 7.90. The normalized spacial score (nSPS) is 14.7. The molecule has 1 fully saturated rings. The Morgan fingerprint density at radius 2 is 1.80 bits per heavy atom. The van der Waals surface area contributed by atoms with E-state index in [0.29, 0.717) is 24.7 Å². The third-order valence-electron chi connectivity index (χ3n) is 5.84. The first-order chi connectivity index (χ1) is 14.5. The van der Waals surface area contributed by atoms with Gasteiger partial charge in [0.25, 0.3) is 11.5 Å². The van der Waals surface area contributed by atoms with Crippen LogP contribution >= 0.6 is 0 Å². The molecule has 1 aliphatic heterocycles. The maximum atomic E-state index is 12.7. The van der Waals surface area contributed by atoms with Crippen LogP contribution in [0, 0.1) is 6.92 Å². The molecule has 0 atom stereocenters. The van der Waals surface area contributed by atoms with Gasteiger partial charge in [-0.2, -0.15) is 5.10 Å². The van der Waals surface area contributed by atoms with Gasteiger partial charge >= 0.3 is 0 Å². The van der Waals surface area contributed by atoms with E-state index in [0.717, 1.165) is 30.7 Å². The van der Waals surface area contributed by atoms with E-state index in [4.69, 9.17) is 4.98 Å². The maximum absolute atomic E-state index is 12.7. The SMILES string of the molecule is Cc1ccccc1Cc1cccc(C2CCN(C(=O)c3ccc(=O)n(C)n3)CC2)n1. The largest absolute Gasteiger partial charge is 0.337 e. The summed E-state index contributed by atoms with van der Waals surface area (Å²) in [4.78, 5) is 31.0. The van der Waals surface area contributed by atoms with Crippen LogP contribution in [0.4, 0.5) is 0 Å². The van der Waals surface area contributed by atoms with Crippen LogP contribution in [-0.2, 0) is 13.5 Å². The quantitative estimate of drug-likeness (QED) is 0.673. The van der Waals surface area contributed by atoms with Gasteiger partial charge in [-0.3, -0.25) is 14.6 Å². The van der Waals surface area contributed by atoms with Crippen molar-refractivity contribution >= 4 is 5.91 Å². The van der Waals surface area contributed by atoms with E-state index in [-0.39, 0.29) is 11.5 Å². The van der Waals surface area contributed by atoms with Crippen LogP contribution in [0.25, 0.3) is 0 Å². The number of piperidine rings is 1. The summed E-state index contributed by atoms with van der Waals surface area (Å²) < 4.78 is 1.20. The van der Waals surface area contributed by atoms with Gasteiger partial charge < -0.3 is 4.90 Å². The van der Waals surface area contributed by atoms with E-state index in [9.17, 15) is 9.59 Å². The minimum Gasteiger partial charge on any atom is -0.337 e.